The van der Waals surface area contributed by atoms with Crippen molar-refractivity contribution in [1.82, 2.24) is 9.13 Å². The van der Waals surface area contributed by atoms with Crippen LogP contribution < -0.4 is 11.0 Å². The highest BCUT2D eigenvalue weighted by molar-refractivity contribution is 7.99. The summed E-state index contributed by atoms with van der Waals surface area (Å²) in [6, 6.07) is 15.7. The number of thiophene rings is 1. The maximum absolute atomic E-state index is 12.6. The van der Waals surface area contributed by atoms with Gasteiger partial charge in [-0.15, -0.1) is 11.3 Å². The third kappa shape index (κ3) is 3.39. The molecule has 2 heterocycles. The van der Waals surface area contributed by atoms with Crippen LogP contribution in [0.2, 0.25) is 0 Å². The molecule has 4 rings (SSSR count). The Morgan fingerprint density at radius 1 is 1.04 bits per heavy atom. The third-order valence-electron chi connectivity index (χ3n) is 4.62. The molecule has 0 aliphatic heterocycles. The molecule has 7 heteroatoms. The Morgan fingerprint density at radius 3 is 2.36 bits per heavy atom. The molecule has 0 aliphatic rings. The predicted molar refractivity (Wildman–Crippen MR) is 116 cm³/mol. The van der Waals surface area contributed by atoms with Gasteiger partial charge in [-0.25, -0.2) is 4.79 Å². The van der Waals surface area contributed by atoms with E-state index in [1.807, 2.05) is 30.5 Å². The van der Waals surface area contributed by atoms with Crippen LogP contribution in [0.3, 0.4) is 0 Å². The number of hydrogen-bond donors (Lipinski definition) is 1. The smallest absolute Gasteiger partial charge is 0.320 e. The van der Waals surface area contributed by atoms with E-state index in [1.165, 1.54) is 16.9 Å². The number of carbonyl (C=O) groups is 1. The highest BCUT2D eigenvalue weighted by Crippen LogP contribution is 2.36. The van der Waals surface area contributed by atoms with Gasteiger partial charge in [-0.2, -0.15) is 0 Å². The van der Waals surface area contributed by atoms with E-state index in [1.54, 1.807) is 41.1 Å². The van der Waals surface area contributed by atoms with Gasteiger partial charge in [0, 0.05) is 23.9 Å². The first-order chi connectivity index (χ1) is 13.4. The summed E-state index contributed by atoms with van der Waals surface area (Å²) in [5.41, 5.74) is 3.40. The van der Waals surface area contributed by atoms with Gasteiger partial charge in [0.2, 0.25) is 0 Å². The van der Waals surface area contributed by atoms with Crippen molar-refractivity contribution in [2.24, 2.45) is 14.1 Å². The molecule has 1 amide bonds. The van der Waals surface area contributed by atoms with Crippen molar-refractivity contribution in [2.45, 2.75) is 16.7 Å². The largest absolute Gasteiger partial charge is 0.328 e. The van der Waals surface area contributed by atoms with Crippen molar-refractivity contribution >= 4 is 45.7 Å². The third-order valence-corrected chi connectivity index (χ3v) is 6.55. The minimum Gasteiger partial charge on any atom is -0.320 e. The van der Waals surface area contributed by atoms with Gasteiger partial charge in [0.15, 0.2) is 0 Å². The predicted octanol–water partition coefficient (Wildman–Crippen LogP) is 4.65. The fourth-order valence-corrected chi connectivity index (χ4v) is 4.57. The topological polar surface area (TPSA) is 56.0 Å². The van der Waals surface area contributed by atoms with Gasteiger partial charge in [0.05, 0.1) is 21.6 Å². The summed E-state index contributed by atoms with van der Waals surface area (Å²) < 4.78 is 3.22. The zero-order valence-electron chi connectivity index (χ0n) is 15.7. The average Bonchev–Trinajstić information content (AvgIpc) is 3.29. The number of hydrogen-bond acceptors (Lipinski definition) is 4. The molecule has 142 valence electrons. The Labute approximate surface area is 170 Å². The van der Waals surface area contributed by atoms with Crippen LogP contribution in [0, 0.1) is 6.92 Å². The quantitative estimate of drug-likeness (QED) is 0.534. The maximum Gasteiger partial charge on any atom is 0.328 e. The number of aryl methyl sites for hydroxylation is 3. The zero-order valence-corrected chi connectivity index (χ0v) is 17.4. The summed E-state index contributed by atoms with van der Waals surface area (Å²) in [7, 11) is 3.50. The lowest BCUT2D eigenvalue weighted by Gasteiger charge is -2.12. The number of nitrogens with one attached hydrogen (secondary N) is 1. The standard InChI is InChI=1S/C21H19N3O2S2/c1-13-6-8-14(9-7-13)28-19-12-17-16(23(2)21(26)24(17)3)11-15(19)22-20(25)18-5-4-10-27-18/h4-12H,1-3H3,(H,22,25). The summed E-state index contributed by atoms with van der Waals surface area (Å²) >= 11 is 2.96. The second-order valence-corrected chi connectivity index (χ2v) is 8.65. The van der Waals surface area contributed by atoms with Crippen LogP contribution in [0.25, 0.3) is 11.0 Å². The highest BCUT2D eigenvalue weighted by atomic mass is 32.2. The van der Waals surface area contributed by atoms with Gasteiger partial charge >= 0.3 is 5.69 Å². The molecule has 28 heavy (non-hydrogen) atoms. The molecule has 0 atom stereocenters. The number of nitrogens with zero attached hydrogens (tertiary/aromatic N) is 2. The minimum absolute atomic E-state index is 0.0944. The molecule has 5 nitrogen and oxygen atoms in total. The number of imidazole rings is 1. The molecule has 2 aromatic carbocycles. The van der Waals surface area contributed by atoms with Crippen LogP contribution >= 0.6 is 23.1 Å². The number of anilines is 1. The second kappa shape index (κ2) is 7.33. The zero-order chi connectivity index (χ0) is 19.8. The highest BCUT2D eigenvalue weighted by Gasteiger charge is 2.16. The normalized spacial score (nSPS) is 11.1. The summed E-state index contributed by atoms with van der Waals surface area (Å²) in [5, 5.41) is 4.89. The lowest BCUT2D eigenvalue weighted by atomic mass is 10.2. The van der Waals surface area contributed by atoms with Crippen molar-refractivity contribution < 1.29 is 4.79 Å². The number of benzene rings is 2. The Balaban J connectivity index is 1.82. The molecular weight excluding hydrogens is 390 g/mol. The number of rotatable bonds is 4. The molecular formula is C21H19N3O2S2. The van der Waals surface area contributed by atoms with Crippen LogP contribution in [0.1, 0.15) is 15.2 Å². The first-order valence-electron chi connectivity index (χ1n) is 8.73. The second-order valence-electron chi connectivity index (χ2n) is 6.58. The van der Waals surface area contributed by atoms with Gasteiger partial charge in [0.1, 0.15) is 0 Å². The van der Waals surface area contributed by atoms with Crippen LogP contribution in [-0.4, -0.2) is 15.0 Å². The fraction of sp³-hybridized carbons (Fsp3) is 0.143. The van der Waals surface area contributed by atoms with Crippen molar-refractivity contribution in [1.29, 1.82) is 0 Å². The van der Waals surface area contributed by atoms with E-state index in [9.17, 15) is 9.59 Å². The summed E-state index contributed by atoms with van der Waals surface area (Å²) in [5.74, 6) is -0.152. The molecule has 2 aromatic heterocycles. The summed E-state index contributed by atoms with van der Waals surface area (Å²) in [4.78, 5) is 27.6. The average molecular weight is 410 g/mol. The Kier molecular flexibility index (Phi) is 4.87. The summed E-state index contributed by atoms with van der Waals surface area (Å²) in [6.45, 7) is 2.05. The first-order valence-corrected chi connectivity index (χ1v) is 10.4. The van der Waals surface area contributed by atoms with E-state index in [-0.39, 0.29) is 11.6 Å². The van der Waals surface area contributed by atoms with E-state index in [0.29, 0.717) is 10.6 Å². The molecule has 0 saturated carbocycles. The minimum atomic E-state index is -0.152. The molecule has 0 saturated heterocycles. The van der Waals surface area contributed by atoms with Crippen LogP contribution in [0.5, 0.6) is 0 Å². The van der Waals surface area contributed by atoms with Gasteiger partial charge in [-0.1, -0.05) is 35.5 Å². The van der Waals surface area contributed by atoms with E-state index in [4.69, 9.17) is 0 Å². The molecule has 1 N–H and O–H groups in total. The molecule has 4 aromatic rings. The molecule has 0 fully saturated rings. The fourth-order valence-electron chi connectivity index (χ4n) is 3.03. The Hall–Kier alpha value is -2.77. The maximum atomic E-state index is 12.6. The molecule has 0 radical (unpaired) electrons. The number of carbonyl (C=O) groups excluding carboxylic acids is 1. The summed E-state index contributed by atoms with van der Waals surface area (Å²) in [6.07, 6.45) is 0. The van der Waals surface area contributed by atoms with Gasteiger partial charge in [-0.05, 0) is 42.6 Å². The van der Waals surface area contributed by atoms with Gasteiger partial charge in [-0.3, -0.25) is 13.9 Å². The monoisotopic (exact) mass is 409 g/mol. The Bertz CT molecular complexity index is 1220. The van der Waals surface area contributed by atoms with Crippen LogP contribution in [-0.2, 0) is 14.1 Å². The lowest BCUT2D eigenvalue weighted by Crippen LogP contribution is -2.19. The van der Waals surface area contributed by atoms with E-state index in [0.717, 1.165) is 20.8 Å². The van der Waals surface area contributed by atoms with E-state index >= 15 is 0 Å². The van der Waals surface area contributed by atoms with Crippen LogP contribution in [0.15, 0.2) is 68.5 Å². The van der Waals surface area contributed by atoms with Gasteiger partial charge in [0.25, 0.3) is 5.91 Å². The van der Waals surface area contributed by atoms with E-state index in [2.05, 4.69) is 29.6 Å². The molecule has 0 unspecified atom stereocenters. The molecule has 0 bridgehead atoms. The number of aromatic nitrogens is 2. The molecule has 0 spiro atoms. The van der Waals surface area contributed by atoms with Crippen molar-refractivity contribution in [3.05, 3.63) is 74.8 Å². The molecule has 0 aliphatic carbocycles. The van der Waals surface area contributed by atoms with Crippen LogP contribution in [0.4, 0.5) is 5.69 Å². The first kappa shape index (κ1) is 18.6. The number of amides is 1. The van der Waals surface area contributed by atoms with Crippen molar-refractivity contribution in [3.8, 4) is 0 Å². The van der Waals surface area contributed by atoms with Crippen molar-refractivity contribution in [2.75, 3.05) is 5.32 Å². The lowest BCUT2D eigenvalue weighted by molar-refractivity contribution is 0.103. The van der Waals surface area contributed by atoms with E-state index < -0.39 is 0 Å². The Morgan fingerprint density at radius 2 is 1.71 bits per heavy atom. The van der Waals surface area contributed by atoms with Crippen molar-refractivity contribution in [3.63, 3.8) is 0 Å². The number of fused-ring (bicyclic) bond motifs is 1. The van der Waals surface area contributed by atoms with Gasteiger partial charge < -0.3 is 5.32 Å². The SMILES string of the molecule is Cc1ccc(Sc2cc3c(cc2NC(=O)c2cccs2)n(C)c(=O)n3C)cc1.